The van der Waals surface area contributed by atoms with E-state index in [0.29, 0.717) is 46.3 Å². The van der Waals surface area contributed by atoms with Gasteiger partial charge in [-0.1, -0.05) is 36.5 Å². The van der Waals surface area contributed by atoms with Crippen LogP contribution < -0.4 is 10.1 Å². The highest BCUT2D eigenvalue weighted by molar-refractivity contribution is 8.26. The molecule has 1 saturated heterocycles. The predicted molar refractivity (Wildman–Crippen MR) is 118 cm³/mol. The topological polar surface area (TPSA) is 116 Å². The fraction of sp³-hybridized carbons (Fsp3) is 0.400. The Morgan fingerprint density at radius 2 is 2.07 bits per heavy atom. The zero-order valence-electron chi connectivity index (χ0n) is 16.7. The first-order valence-electron chi connectivity index (χ1n) is 9.37. The van der Waals surface area contributed by atoms with Gasteiger partial charge >= 0.3 is 5.97 Å². The molecule has 0 bridgehead atoms. The van der Waals surface area contributed by atoms with Crippen molar-refractivity contribution in [2.45, 2.75) is 38.6 Å². The van der Waals surface area contributed by atoms with E-state index >= 15 is 0 Å². The maximum absolute atomic E-state index is 12.6. The zero-order chi connectivity index (χ0) is 22.3. The molecule has 1 aliphatic heterocycles. The van der Waals surface area contributed by atoms with Crippen LogP contribution in [0, 0.1) is 0 Å². The summed E-state index contributed by atoms with van der Waals surface area (Å²) in [5.74, 6) is -1.21. The highest BCUT2D eigenvalue weighted by Gasteiger charge is 2.31. The summed E-state index contributed by atoms with van der Waals surface area (Å²) in [5, 5.41) is 20.9. The molecule has 1 heterocycles. The number of ether oxygens (including phenoxy) is 1. The third-order valence-corrected chi connectivity index (χ3v) is 5.79. The number of hydrogen-bond donors (Lipinski definition) is 3. The van der Waals surface area contributed by atoms with E-state index in [4.69, 9.17) is 22.1 Å². The van der Waals surface area contributed by atoms with Gasteiger partial charge in [0.25, 0.3) is 5.91 Å². The average Bonchev–Trinajstić information content (AvgIpc) is 2.96. The molecule has 30 heavy (non-hydrogen) atoms. The smallest absolute Gasteiger partial charge is 0.325 e. The minimum absolute atomic E-state index is 0.0216. The number of carbonyl (C=O) groups excluding carboxylic acids is 2. The number of nitrogens with one attached hydrogen (secondary N) is 1. The SMILES string of the molecule is COc1cc(/C=C2\SC(=S)N(CCCCCC(=O)NC(C)C(=O)O)C2=O)ccc1O. The van der Waals surface area contributed by atoms with E-state index in [1.165, 1.54) is 36.8 Å². The third kappa shape index (κ3) is 6.46. The summed E-state index contributed by atoms with van der Waals surface area (Å²) in [5.41, 5.74) is 0.715. The second-order valence-electron chi connectivity index (χ2n) is 6.70. The van der Waals surface area contributed by atoms with Crippen molar-refractivity contribution in [2.24, 2.45) is 0 Å². The summed E-state index contributed by atoms with van der Waals surface area (Å²) < 4.78 is 5.56. The lowest BCUT2D eigenvalue weighted by atomic mass is 10.1. The quantitative estimate of drug-likeness (QED) is 0.282. The van der Waals surface area contributed by atoms with Gasteiger partial charge in [0.1, 0.15) is 10.4 Å². The molecule has 3 N–H and O–H groups in total. The molecule has 10 heteroatoms. The molecule has 0 aromatic heterocycles. The summed E-state index contributed by atoms with van der Waals surface area (Å²) in [6.07, 6.45) is 3.92. The van der Waals surface area contributed by atoms with Crippen LogP contribution in [0.3, 0.4) is 0 Å². The number of hydrogen-bond acceptors (Lipinski definition) is 7. The number of phenols is 1. The van der Waals surface area contributed by atoms with Crippen molar-refractivity contribution in [3.05, 3.63) is 28.7 Å². The molecule has 1 atom stereocenters. The highest BCUT2D eigenvalue weighted by Crippen LogP contribution is 2.34. The number of unbranched alkanes of at least 4 members (excludes halogenated alkanes) is 2. The van der Waals surface area contributed by atoms with Crippen molar-refractivity contribution in [1.82, 2.24) is 10.2 Å². The average molecular weight is 453 g/mol. The summed E-state index contributed by atoms with van der Waals surface area (Å²) in [6, 6.07) is 3.91. The van der Waals surface area contributed by atoms with Gasteiger partial charge in [-0.05, 0) is 43.5 Å². The van der Waals surface area contributed by atoms with Crippen LogP contribution >= 0.6 is 24.0 Å². The van der Waals surface area contributed by atoms with Gasteiger partial charge in [-0.25, -0.2) is 0 Å². The van der Waals surface area contributed by atoms with Crippen molar-refractivity contribution in [1.29, 1.82) is 0 Å². The Balaban J connectivity index is 1.83. The molecule has 1 fully saturated rings. The zero-order valence-corrected chi connectivity index (χ0v) is 18.3. The van der Waals surface area contributed by atoms with E-state index in [2.05, 4.69) is 5.32 Å². The van der Waals surface area contributed by atoms with Crippen molar-refractivity contribution < 1.29 is 29.3 Å². The Morgan fingerprint density at radius 3 is 2.73 bits per heavy atom. The summed E-state index contributed by atoms with van der Waals surface area (Å²) in [4.78, 5) is 37.1. The van der Waals surface area contributed by atoms with Crippen molar-refractivity contribution in [3.8, 4) is 11.5 Å². The Morgan fingerprint density at radius 1 is 1.33 bits per heavy atom. The summed E-state index contributed by atoms with van der Waals surface area (Å²) in [6.45, 7) is 1.87. The second kappa shape index (κ2) is 11.0. The van der Waals surface area contributed by atoms with Gasteiger partial charge in [-0.2, -0.15) is 0 Å². The van der Waals surface area contributed by atoms with Crippen molar-refractivity contribution in [3.63, 3.8) is 0 Å². The fourth-order valence-corrected chi connectivity index (χ4v) is 4.04. The molecule has 2 rings (SSSR count). The largest absolute Gasteiger partial charge is 0.504 e. The van der Waals surface area contributed by atoms with Crippen molar-refractivity contribution >= 4 is 52.2 Å². The minimum atomic E-state index is -1.07. The van der Waals surface area contributed by atoms with Gasteiger partial charge < -0.3 is 20.3 Å². The van der Waals surface area contributed by atoms with Crippen LogP contribution in [0.4, 0.5) is 0 Å². The van der Waals surface area contributed by atoms with E-state index in [9.17, 15) is 19.5 Å². The van der Waals surface area contributed by atoms with Crippen LogP contribution in [0.1, 0.15) is 38.2 Å². The van der Waals surface area contributed by atoms with E-state index in [1.54, 1.807) is 18.2 Å². The second-order valence-corrected chi connectivity index (χ2v) is 8.38. The molecule has 162 valence electrons. The number of benzene rings is 1. The molecule has 8 nitrogen and oxygen atoms in total. The number of rotatable bonds is 10. The number of thioether (sulfide) groups is 1. The monoisotopic (exact) mass is 452 g/mol. The first-order chi connectivity index (χ1) is 14.2. The van der Waals surface area contributed by atoms with Gasteiger partial charge in [0, 0.05) is 13.0 Å². The van der Waals surface area contributed by atoms with Crippen LogP contribution in [0.5, 0.6) is 11.5 Å². The van der Waals surface area contributed by atoms with E-state index in [1.807, 2.05) is 0 Å². The Bertz CT molecular complexity index is 871. The molecule has 0 radical (unpaired) electrons. The Kier molecular flexibility index (Phi) is 8.67. The summed E-state index contributed by atoms with van der Waals surface area (Å²) in [7, 11) is 1.45. The van der Waals surface area contributed by atoms with Crippen LogP contribution in [0.2, 0.25) is 0 Å². The lowest BCUT2D eigenvalue weighted by Crippen LogP contribution is -2.38. The van der Waals surface area contributed by atoms with Crippen molar-refractivity contribution in [2.75, 3.05) is 13.7 Å². The number of carboxylic acid groups (broad SMARTS) is 1. The lowest BCUT2D eigenvalue weighted by Gasteiger charge is -2.14. The predicted octanol–water partition coefficient (Wildman–Crippen LogP) is 2.75. The molecule has 2 amide bonds. The number of carbonyl (C=O) groups is 3. The Labute approximate surface area is 184 Å². The van der Waals surface area contributed by atoms with E-state index < -0.39 is 12.0 Å². The molecular formula is C20H24N2O6S2. The molecule has 1 aromatic carbocycles. The van der Waals surface area contributed by atoms with Crippen LogP contribution in [0.15, 0.2) is 23.1 Å². The number of amides is 2. The number of aromatic hydroxyl groups is 1. The van der Waals surface area contributed by atoms with Gasteiger partial charge in [-0.3, -0.25) is 19.3 Å². The maximum atomic E-state index is 12.6. The third-order valence-electron chi connectivity index (χ3n) is 4.41. The standard InChI is InChI=1S/C20H24N2O6S2/c1-12(19(26)27)21-17(24)6-4-3-5-9-22-18(25)16(30-20(22)29)11-13-7-8-14(23)15(10-13)28-2/h7-8,10-12,23H,3-6,9H2,1-2H3,(H,21,24)(H,26,27)/b16-11-. The molecular weight excluding hydrogens is 428 g/mol. The number of nitrogens with zero attached hydrogens (tertiary/aromatic N) is 1. The molecule has 1 unspecified atom stereocenters. The molecule has 1 aromatic rings. The molecule has 0 spiro atoms. The molecule has 0 saturated carbocycles. The minimum Gasteiger partial charge on any atom is -0.504 e. The van der Waals surface area contributed by atoms with E-state index in [0.717, 1.165) is 0 Å². The van der Waals surface area contributed by atoms with Gasteiger partial charge in [0.2, 0.25) is 5.91 Å². The van der Waals surface area contributed by atoms with Gasteiger partial charge in [0.05, 0.1) is 12.0 Å². The number of thiocarbonyl (C=S) groups is 1. The number of methoxy groups -OCH3 is 1. The van der Waals surface area contributed by atoms with Gasteiger partial charge in [0.15, 0.2) is 11.5 Å². The highest BCUT2D eigenvalue weighted by atomic mass is 32.2. The van der Waals surface area contributed by atoms with Crippen LogP contribution in [-0.2, 0) is 14.4 Å². The number of aliphatic carboxylic acids is 1. The number of carboxylic acids is 1. The molecule has 1 aliphatic rings. The fourth-order valence-electron chi connectivity index (χ4n) is 2.74. The Hall–Kier alpha value is -2.59. The van der Waals surface area contributed by atoms with Gasteiger partial charge in [-0.15, -0.1) is 0 Å². The normalized spacial score (nSPS) is 16.1. The summed E-state index contributed by atoms with van der Waals surface area (Å²) >= 11 is 6.53. The first-order valence-corrected chi connectivity index (χ1v) is 10.6. The molecule has 0 aliphatic carbocycles. The van der Waals surface area contributed by atoms with Crippen LogP contribution in [0.25, 0.3) is 6.08 Å². The first kappa shape index (κ1) is 23.7. The lowest BCUT2D eigenvalue weighted by molar-refractivity contribution is -0.141. The van der Waals surface area contributed by atoms with Crippen LogP contribution in [-0.4, -0.2) is 56.9 Å². The number of phenolic OH excluding ortho intramolecular Hbond substituents is 1. The maximum Gasteiger partial charge on any atom is 0.325 e. The van der Waals surface area contributed by atoms with E-state index in [-0.39, 0.29) is 24.0 Å².